The van der Waals surface area contributed by atoms with E-state index in [4.69, 9.17) is 5.73 Å². The summed E-state index contributed by atoms with van der Waals surface area (Å²) in [5, 5.41) is 5.92. The lowest BCUT2D eigenvalue weighted by molar-refractivity contribution is 1.02. The number of hydrogen-bond acceptors (Lipinski definition) is 6. The largest absolute Gasteiger partial charge is 0.391 e. The molecule has 0 aliphatic carbocycles. The zero-order valence-electron chi connectivity index (χ0n) is 8.65. The van der Waals surface area contributed by atoms with Gasteiger partial charge in [-0.2, -0.15) is 0 Å². The molecule has 6 nitrogen and oxygen atoms in total. The molecule has 7 heteroatoms. The summed E-state index contributed by atoms with van der Waals surface area (Å²) in [5.74, 6) is 0.384. The topological polar surface area (TPSA) is 96.7 Å². The standard InChI is InChI=1S/C9H11N5OS/c1-5-14-6(3-16-5)2-11-8-7(10)9(15)13-4-12-8/h3-4H,2,10H2,1H3,(H2,11,12,13,15). The highest BCUT2D eigenvalue weighted by Crippen LogP contribution is 2.12. The van der Waals surface area contributed by atoms with Crippen molar-refractivity contribution in [1.82, 2.24) is 15.0 Å². The maximum Gasteiger partial charge on any atom is 0.276 e. The highest BCUT2D eigenvalue weighted by Gasteiger charge is 2.04. The molecule has 0 fully saturated rings. The van der Waals surface area contributed by atoms with Crippen molar-refractivity contribution in [2.24, 2.45) is 0 Å². The van der Waals surface area contributed by atoms with Gasteiger partial charge in [0.2, 0.25) is 0 Å². The minimum atomic E-state index is -0.341. The van der Waals surface area contributed by atoms with Gasteiger partial charge in [0.1, 0.15) is 5.69 Å². The van der Waals surface area contributed by atoms with E-state index in [1.807, 2.05) is 12.3 Å². The molecule has 0 unspecified atom stereocenters. The summed E-state index contributed by atoms with van der Waals surface area (Å²) >= 11 is 1.58. The number of thiazole rings is 1. The zero-order chi connectivity index (χ0) is 11.5. The summed E-state index contributed by atoms with van der Waals surface area (Å²) in [6.45, 7) is 2.44. The maximum atomic E-state index is 11.2. The number of aromatic amines is 1. The monoisotopic (exact) mass is 237 g/mol. The number of nitrogens with one attached hydrogen (secondary N) is 2. The molecule has 0 radical (unpaired) electrons. The molecule has 0 saturated carbocycles. The predicted molar refractivity (Wildman–Crippen MR) is 63.4 cm³/mol. The lowest BCUT2D eigenvalue weighted by atomic mass is 10.4. The first kappa shape index (κ1) is 10.6. The molecule has 2 aromatic rings. The molecule has 2 rings (SSSR count). The Bertz CT molecular complexity index is 547. The van der Waals surface area contributed by atoms with Crippen molar-refractivity contribution in [2.75, 3.05) is 11.1 Å². The van der Waals surface area contributed by atoms with Gasteiger partial charge >= 0.3 is 0 Å². The van der Waals surface area contributed by atoms with Crippen LogP contribution in [0.15, 0.2) is 16.5 Å². The number of nitrogens with zero attached hydrogens (tertiary/aromatic N) is 2. The van der Waals surface area contributed by atoms with E-state index >= 15 is 0 Å². The van der Waals surface area contributed by atoms with E-state index < -0.39 is 0 Å². The Hall–Kier alpha value is -1.89. The molecule has 16 heavy (non-hydrogen) atoms. The maximum absolute atomic E-state index is 11.2. The van der Waals surface area contributed by atoms with Crippen LogP contribution in [0, 0.1) is 6.92 Å². The summed E-state index contributed by atoms with van der Waals surface area (Å²) in [7, 11) is 0. The average Bonchev–Trinajstić information content (AvgIpc) is 2.67. The van der Waals surface area contributed by atoms with Crippen LogP contribution >= 0.6 is 11.3 Å². The van der Waals surface area contributed by atoms with Gasteiger partial charge in [-0.3, -0.25) is 4.79 Å². The summed E-state index contributed by atoms with van der Waals surface area (Å²) in [6, 6.07) is 0. The fourth-order valence-corrected chi connectivity index (χ4v) is 1.83. The van der Waals surface area contributed by atoms with Crippen molar-refractivity contribution >= 4 is 22.8 Å². The van der Waals surface area contributed by atoms with Crippen LogP contribution in [0.4, 0.5) is 11.5 Å². The van der Waals surface area contributed by atoms with Crippen LogP contribution in [0.25, 0.3) is 0 Å². The molecule has 0 aromatic carbocycles. The summed E-state index contributed by atoms with van der Waals surface area (Å²) in [4.78, 5) is 21.8. The second kappa shape index (κ2) is 4.31. The lowest BCUT2D eigenvalue weighted by Crippen LogP contribution is -2.16. The Morgan fingerprint density at radius 1 is 1.62 bits per heavy atom. The third kappa shape index (κ3) is 2.19. The van der Waals surface area contributed by atoms with Crippen molar-refractivity contribution < 1.29 is 0 Å². The van der Waals surface area contributed by atoms with Gasteiger partial charge in [0, 0.05) is 5.38 Å². The molecule has 0 saturated heterocycles. The van der Waals surface area contributed by atoms with Crippen LogP contribution in [0.2, 0.25) is 0 Å². The van der Waals surface area contributed by atoms with Crippen molar-refractivity contribution in [3.63, 3.8) is 0 Å². The summed E-state index contributed by atoms with van der Waals surface area (Å²) < 4.78 is 0. The molecule has 0 aliphatic rings. The number of aromatic nitrogens is 3. The van der Waals surface area contributed by atoms with Gasteiger partial charge in [-0.05, 0) is 6.92 Å². The van der Waals surface area contributed by atoms with Gasteiger partial charge in [-0.1, -0.05) is 0 Å². The normalized spacial score (nSPS) is 10.3. The average molecular weight is 237 g/mol. The van der Waals surface area contributed by atoms with E-state index in [1.165, 1.54) is 6.33 Å². The number of rotatable bonds is 3. The summed E-state index contributed by atoms with van der Waals surface area (Å²) in [6.07, 6.45) is 1.31. The smallest absolute Gasteiger partial charge is 0.276 e. The molecular formula is C9H11N5OS. The molecular weight excluding hydrogens is 226 g/mol. The van der Waals surface area contributed by atoms with Gasteiger partial charge in [0.05, 0.1) is 23.6 Å². The number of H-pyrrole nitrogens is 1. The molecule has 4 N–H and O–H groups in total. The minimum Gasteiger partial charge on any atom is -0.391 e. The van der Waals surface area contributed by atoms with Crippen molar-refractivity contribution in [3.05, 3.63) is 32.8 Å². The predicted octanol–water partition coefficient (Wildman–Crippen LogP) is 0.729. The van der Waals surface area contributed by atoms with Crippen LogP contribution in [-0.2, 0) is 6.54 Å². The van der Waals surface area contributed by atoms with Gasteiger partial charge < -0.3 is 16.0 Å². The first-order valence-electron chi connectivity index (χ1n) is 4.65. The van der Waals surface area contributed by atoms with Crippen LogP contribution in [0.5, 0.6) is 0 Å². The SMILES string of the molecule is Cc1nc(CNc2nc[nH]c(=O)c2N)cs1. The number of anilines is 2. The Morgan fingerprint density at radius 2 is 2.44 bits per heavy atom. The van der Waals surface area contributed by atoms with E-state index in [0.717, 1.165) is 10.7 Å². The second-order valence-corrected chi connectivity index (χ2v) is 4.27. The summed E-state index contributed by atoms with van der Waals surface area (Å²) in [5.41, 5.74) is 6.22. The molecule has 0 spiro atoms. The molecule has 0 bridgehead atoms. The minimum absolute atomic E-state index is 0.0921. The van der Waals surface area contributed by atoms with E-state index in [9.17, 15) is 4.79 Å². The van der Waals surface area contributed by atoms with Crippen molar-refractivity contribution in [1.29, 1.82) is 0 Å². The van der Waals surface area contributed by atoms with Gasteiger partial charge in [0.25, 0.3) is 5.56 Å². The highest BCUT2D eigenvalue weighted by molar-refractivity contribution is 7.09. The van der Waals surface area contributed by atoms with Crippen LogP contribution in [0.1, 0.15) is 10.7 Å². The Kier molecular flexibility index (Phi) is 2.86. The molecule has 0 aliphatic heterocycles. The fraction of sp³-hybridized carbons (Fsp3) is 0.222. The van der Waals surface area contributed by atoms with Crippen molar-refractivity contribution in [2.45, 2.75) is 13.5 Å². The first-order valence-corrected chi connectivity index (χ1v) is 5.53. The molecule has 0 amide bonds. The van der Waals surface area contributed by atoms with Crippen LogP contribution < -0.4 is 16.6 Å². The van der Waals surface area contributed by atoms with E-state index in [-0.39, 0.29) is 11.2 Å². The van der Waals surface area contributed by atoms with Crippen LogP contribution in [0.3, 0.4) is 0 Å². The number of nitrogens with two attached hydrogens (primary N) is 1. The third-order valence-electron chi connectivity index (χ3n) is 1.99. The molecule has 84 valence electrons. The fourth-order valence-electron chi connectivity index (χ4n) is 1.21. The Balaban J connectivity index is 2.10. The van der Waals surface area contributed by atoms with Gasteiger partial charge in [-0.25, -0.2) is 9.97 Å². The first-order chi connectivity index (χ1) is 7.66. The zero-order valence-corrected chi connectivity index (χ0v) is 9.47. The number of aryl methyl sites for hydroxylation is 1. The molecule has 0 atom stereocenters. The third-order valence-corrected chi connectivity index (χ3v) is 2.81. The lowest BCUT2D eigenvalue weighted by Gasteiger charge is -2.04. The Morgan fingerprint density at radius 3 is 3.12 bits per heavy atom. The quantitative estimate of drug-likeness (QED) is 0.731. The second-order valence-electron chi connectivity index (χ2n) is 3.21. The number of hydrogen-bond donors (Lipinski definition) is 3. The van der Waals surface area contributed by atoms with Gasteiger partial charge in [-0.15, -0.1) is 11.3 Å². The van der Waals surface area contributed by atoms with Crippen LogP contribution in [-0.4, -0.2) is 15.0 Å². The molecule has 2 aromatic heterocycles. The molecule has 2 heterocycles. The van der Waals surface area contributed by atoms with Gasteiger partial charge in [0.15, 0.2) is 5.82 Å². The van der Waals surface area contributed by atoms with Crippen molar-refractivity contribution in [3.8, 4) is 0 Å². The van der Waals surface area contributed by atoms with E-state index in [0.29, 0.717) is 12.4 Å². The highest BCUT2D eigenvalue weighted by atomic mass is 32.1. The Labute approximate surface area is 95.6 Å². The van der Waals surface area contributed by atoms with E-state index in [2.05, 4.69) is 20.3 Å². The number of nitrogen functional groups attached to an aromatic ring is 1. The van der Waals surface area contributed by atoms with E-state index in [1.54, 1.807) is 11.3 Å².